The maximum Gasteiger partial charge on any atom is 0.247 e. The Hall–Kier alpha value is -3.52. The van der Waals surface area contributed by atoms with Crippen molar-refractivity contribution in [3.63, 3.8) is 0 Å². The molecule has 2 aromatic heterocycles. The highest BCUT2D eigenvalue weighted by molar-refractivity contribution is 5.88. The van der Waals surface area contributed by atoms with E-state index in [1.54, 1.807) is 41.1 Å². The lowest BCUT2D eigenvalue weighted by Gasteiger charge is -2.08. The van der Waals surface area contributed by atoms with Crippen LogP contribution in [-0.4, -0.2) is 28.7 Å². The van der Waals surface area contributed by atoms with Gasteiger partial charge in [-0.15, -0.1) is 6.58 Å². The van der Waals surface area contributed by atoms with Crippen molar-refractivity contribution in [2.45, 2.75) is 13.5 Å². The fraction of sp³-hybridized carbons (Fsp3) is 0.190. The Morgan fingerprint density at radius 2 is 2.10 bits per heavy atom. The molecule has 0 atom stereocenters. The second-order valence-corrected chi connectivity index (χ2v) is 6.31. The van der Waals surface area contributed by atoms with E-state index in [4.69, 9.17) is 4.74 Å². The van der Waals surface area contributed by atoms with E-state index in [0.717, 1.165) is 4.73 Å². The van der Waals surface area contributed by atoms with Crippen LogP contribution < -0.4 is 10.0 Å². The molecule has 0 aliphatic heterocycles. The molecule has 2 heterocycles. The number of imidazole rings is 1. The summed E-state index contributed by atoms with van der Waals surface area (Å²) in [5.41, 5.74) is 2.23. The number of hydrogen-bond donors (Lipinski definition) is 1. The predicted molar refractivity (Wildman–Crippen MR) is 107 cm³/mol. The molecule has 150 valence electrons. The largest absolute Gasteiger partial charge is 0.710 e. The normalized spacial score (nSPS) is 10.7. The summed E-state index contributed by atoms with van der Waals surface area (Å²) in [6.07, 6.45) is 4.62. The van der Waals surface area contributed by atoms with E-state index >= 15 is 0 Å². The average molecular weight is 396 g/mol. The third kappa shape index (κ3) is 4.85. The number of nitrogens with one attached hydrogen (secondary N) is 1. The maximum absolute atomic E-state index is 13.4. The van der Waals surface area contributed by atoms with Gasteiger partial charge in [-0.3, -0.25) is 4.79 Å². The molecule has 1 aromatic carbocycles. The summed E-state index contributed by atoms with van der Waals surface area (Å²) >= 11 is 0. The van der Waals surface area contributed by atoms with Crippen LogP contribution in [0.25, 0.3) is 22.5 Å². The molecule has 0 aliphatic carbocycles. The van der Waals surface area contributed by atoms with E-state index in [9.17, 15) is 14.4 Å². The molecule has 3 rings (SSSR count). The van der Waals surface area contributed by atoms with E-state index in [0.29, 0.717) is 48.1 Å². The second-order valence-electron chi connectivity index (χ2n) is 6.31. The van der Waals surface area contributed by atoms with Crippen LogP contribution in [0.4, 0.5) is 10.2 Å². The number of halogens is 1. The van der Waals surface area contributed by atoms with Gasteiger partial charge in [-0.1, -0.05) is 6.08 Å². The molecular formula is C21H21FN4O3. The SMILES string of the molecule is C=CCOCCn1c[n+]([O-])c(-c2ccc(F)cc2)c1-c1ccnc(NC(C)=O)c1. The molecule has 0 bridgehead atoms. The number of carbonyl (C=O) groups is 1. The zero-order valence-corrected chi connectivity index (χ0v) is 16.0. The molecule has 0 spiro atoms. The van der Waals surface area contributed by atoms with Crippen molar-refractivity contribution < 1.29 is 18.7 Å². The van der Waals surface area contributed by atoms with Gasteiger partial charge in [0.15, 0.2) is 11.4 Å². The van der Waals surface area contributed by atoms with Crippen LogP contribution in [-0.2, 0) is 16.1 Å². The van der Waals surface area contributed by atoms with E-state index in [-0.39, 0.29) is 11.7 Å². The smallest absolute Gasteiger partial charge is 0.247 e. The van der Waals surface area contributed by atoms with Crippen molar-refractivity contribution in [1.29, 1.82) is 0 Å². The number of carbonyl (C=O) groups excluding carboxylic acids is 1. The highest BCUT2D eigenvalue weighted by Crippen LogP contribution is 2.31. The third-order valence-electron chi connectivity index (χ3n) is 4.14. The molecule has 7 nitrogen and oxygen atoms in total. The summed E-state index contributed by atoms with van der Waals surface area (Å²) in [4.78, 5) is 15.5. The average Bonchev–Trinajstić information content (AvgIpc) is 3.02. The van der Waals surface area contributed by atoms with Crippen molar-refractivity contribution in [2.75, 3.05) is 18.5 Å². The summed E-state index contributed by atoms with van der Waals surface area (Å²) in [7, 11) is 0. The highest BCUT2D eigenvalue weighted by atomic mass is 19.1. The summed E-state index contributed by atoms with van der Waals surface area (Å²) in [5, 5.41) is 15.4. The molecule has 0 unspecified atom stereocenters. The quantitative estimate of drug-likeness (QED) is 0.274. The van der Waals surface area contributed by atoms with Gasteiger partial charge in [0.1, 0.15) is 18.2 Å². The molecule has 0 fully saturated rings. The van der Waals surface area contributed by atoms with Crippen molar-refractivity contribution in [3.05, 3.63) is 72.6 Å². The number of hydrogen-bond acceptors (Lipinski definition) is 4. The van der Waals surface area contributed by atoms with Crippen LogP contribution in [0.2, 0.25) is 0 Å². The lowest BCUT2D eigenvalue weighted by Crippen LogP contribution is -2.25. The van der Waals surface area contributed by atoms with Gasteiger partial charge < -0.3 is 15.3 Å². The number of rotatable bonds is 8. The van der Waals surface area contributed by atoms with Crippen molar-refractivity contribution in [1.82, 2.24) is 9.55 Å². The number of anilines is 1. The Labute approximate surface area is 167 Å². The van der Waals surface area contributed by atoms with E-state index < -0.39 is 0 Å². The Balaban J connectivity index is 2.09. The fourth-order valence-corrected chi connectivity index (χ4v) is 2.98. The predicted octanol–water partition coefficient (Wildman–Crippen LogP) is 3.15. The lowest BCUT2D eigenvalue weighted by molar-refractivity contribution is -0.593. The van der Waals surface area contributed by atoms with Gasteiger partial charge in [-0.05, 0) is 36.4 Å². The summed E-state index contributed by atoms with van der Waals surface area (Å²) in [6, 6.07) is 9.14. The number of pyridine rings is 1. The molecule has 1 amide bonds. The number of nitrogens with zero attached hydrogens (tertiary/aromatic N) is 3. The first-order chi connectivity index (χ1) is 14.0. The molecule has 0 saturated carbocycles. The van der Waals surface area contributed by atoms with Crippen LogP contribution in [0, 0.1) is 11.0 Å². The number of ether oxygens (including phenoxy) is 1. The van der Waals surface area contributed by atoms with Crippen LogP contribution >= 0.6 is 0 Å². The monoisotopic (exact) mass is 396 g/mol. The molecule has 0 radical (unpaired) electrons. The van der Waals surface area contributed by atoms with Gasteiger partial charge in [-0.2, -0.15) is 0 Å². The molecule has 8 heteroatoms. The standard InChI is InChI=1S/C21H21FN4O3/c1-3-11-29-12-10-25-14-26(28)21(16-4-6-18(22)7-5-16)20(25)17-8-9-23-19(13-17)24-15(2)27/h3-9,13-14H,1,10-12H2,2H3,(H,23,24,27). The summed E-state index contributed by atoms with van der Waals surface area (Å²) in [5.74, 6) is -0.268. The summed E-state index contributed by atoms with van der Waals surface area (Å²) < 4.78 is 21.3. The Morgan fingerprint density at radius 3 is 2.79 bits per heavy atom. The Bertz CT molecular complexity index is 1020. The second kappa shape index (κ2) is 9.11. The Morgan fingerprint density at radius 1 is 1.34 bits per heavy atom. The minimum Gasteiger partial charge on any atom is -0.710 e. The Kier molecular flexibility index (Phi) is 6.36. The third-order valence-corrected chi connectivity index (χ3v) is 4.14. The fourth-order valence-electron chi connectivity index (χ4n) is 2.98. The minimum atomic E-state index is -0.387. The first kappa shape index (κ1) is 20.2. The number of amides is 1. The molecule has 0 saturated heterocycles. The van der Waals surface area contributed by atoms with Crippen LogP contribution in [0.15, 0.2) is 61.6 Å². The van der Waals surface area contributed by atoms with E-state index in [1.165, 1.54) is 25.4 Å². The first-order valence-corrected chi connectivity index (χ1v) is 9.00. The topological polar surface area (TPSA) is 83.1 Å². The van der Waals surface area contributed by atoms with Gasteiger partial charge >= 0.3 is 0 Å². The molecule has 29 heavy (non-hydrogen) atoms. The highest BCUT2D eigenvalue weighted by Gasteiger charge is 2.24. The summed E-state index contributed by atoms with van der Waals surface area (Å²) in [6.45, 7) is 6.20. The first-order valence-electron chi connectivity index (χ1n) is 9.00. The maximum atomic E-state index is 13.4. The van der Waals surface area contributed by atoms with Crippen molar-refractivity contribution in [3.8, 4) is 22.5 Å². The number of benzene rings is 1. The van der Waals surface area contributed by atoms with Gasteiger partial charge in [0, 0.05) is 24.2 Å². The van der Waals surface area contributed by atoms with Crippen LogP contribution in [0.5, 0.6) is 0 Å². The minimum absolute atomic E-state index is 0.250. The van der Waals surface area contributed by atoms with Crippen molar-refractivity contribution >= 4 is 11.7 Å². The van der Waals surface area contributed by atoms with Gasteiger partial charge in [0.2, 0.25) is 12.2 Å². The number of aromatic nitrogens is 3. The van der Waals surface area contributed by atoms with Gasteiger partial charge in [0.05, 0.1) is 13.2 Å². The van der Waals surface area contributed by atoms with Gasteiger partial charge in [-0.25, -0.2) is 18.7 Å². The van der Waals surface area contributed by atoms with E-state index in [2.05, 4.69) is 16.9 Å². The van der Waals surface area contributed by atoms with Crippen LogP contribution in [0.3, 0.4) is 0 Å². The molecule has 3 aromatic rings. The molecule has 1 N–H and O–H groups in total. The lowest BCUT2D eigenvalue weighted by atomic mass is 10.1. The molecular weight excluding hydrogens is 375 g/mol. The zero-order valence-electron chi connectivity index (χ0n) is 16.0. The molecule has 0 aliphatic rings. The van der Waals surface area contributed by atoms with Crippen LogP contribution in [0.1, 0.15) is 6.92 Å². The van der Waals surface area contributed by atoms with Gasteiger partial charge in [0.25, 0.3) is 0 Å². The van der Waals surface area contributed by atoms with Crippen molar-refractivity contribution in [2.24, 2.45) is 0 Å². The zero-order chi connectivity index (χ0) is 20.8. The van der Waals surface area contributed by atoms with E-state index in [1.807, 2.05) is 0 Å².